The summed E-state index contributed by atoms with van der Waals surface area (Å²) in [5.74, 6) is -0.252. The van der Waals surface area contributed by atoms with Gasteiger partial charge >= 0.3 is 6.18 Å². The van der Waals surface area contributed by atoms with Gasteiger partial charge < -0.3 is 10.6 Å². The molecule has 8 heteroatoms. The molecular weight excluding hydrogens is 339 g/mol. The van der Waals surface area contributed by atoms with Crippen molar-refractivity contribution in [2.24, 2.45) is 0 Å². The van der Waals surface area contributed by atoms with Gasteiger partial charge in [-0.25, -0.2) is 4.98 Å². The van der Waals surface area contributed by atoms with Gasteiger partial charge in [0.25, 0.3) is 5.91 Å². The summed E-state index contributed by atoms with van der Waals surface area (Å²) in [6, 6.07) is 4.65. The number of carbonyl (C=O) groups excluding carboxylic acids is 1. The highest BCUT2D eigenvalue weighted by Crippen LogP contribution is 2.35. The molecule has 1 aliphatic rings. The van der Waals surface area contributed by atoms with E-state index in [0.717, 1.165) is 18.6 Å². The summed E-state index contributed by atoms with van der Waals surface area (Å²) in [4.78, 5) is 19.1. The molecule has 1 saturated heterocycles. The molecule has 1 N–H and O–H groups in total. The zero-order chi connectivity index (χ0) is 17.5. The summed E-state index contributed by atoms with van der Waals surface area (Å²) in [6.45, 7) is 2.49. The maximum Gasteiger partial charge on any atom is 0.416 e. The van der Waals surface area contributed by atoms with Crippen LogP contribution < -0.4 is 0 Å². The molecule has 1 aromatic carbocycles. The Hall–Kier alpha value is -1.93. The van der Waals surface area contributed by atoms with Crippen LogP contribution in [0, 0.1) is 6.92 Å². The molecule has 1 aromatic heterocycles. The van der Waals surface area contributed by atoms with Crippen LogP contribution in [-0.4, -0.2) is 34.9 Å². The third-order valence-corrected chi connectivity index (χ3v) is 5.07. The molecular formula is C16H15F3N3OS-. The van der Waals surface area contributed by atoms with Gasteiger partial charge in [0.1, 0.15) is 5.69 Å². The standard InChI is InChI=1S/C16H15F3N3OS/c1-9-21-13(15(23)22-7-6-12(22)8-20)14(24-9)10-2-4-11(5-3-10)16(17,18)19/h2-5,12,20H,6-8H2,1H3/q-1. The van der Waals surface area contributed by atoms with E-state index in [0.29, 0.717) is 22.0 Å². The molecule has 0 bridgehead atoms. The Morgan fingerprint density at radius 3 is 2.54 bits per heavy atom. The van der Waals surface area contributed by atoms with Crippen molar-refractivity contribution in [1.29, 1.82) is 0 Å². The zero-order valence-electron chi connectivity index (χ0n) is 12.9. The molecule has 0 radical (unpaired) electrons. The number of hydrogen-bond donors (Lipinski definition) is 0. The Kier molecular flexibility index (Phi) is 4.35. The largest absolute Gasteiger partial charge is 0.676 e. The van der Waals surface area contributed by atoms with Crippen molar-refractivity contribution < 1.29 is 18.0 Å². The number of carbonyl (C=O) groups is 1. The Labute approximate surface area is 141 Å². The molecule has 1 aliphatic heterocycles. The van der Waals surface area contributed by atoms with Crippen LogP contribution in [0.3, 0.4) is 0 Å². The molecule has 4 nitrogen and oxygen atoms in total. The number of nitrogens with zero attached hydrogens (tertiary/aromatic N) is 2. The van der Waals surface area contributed by atoms with Crippen LogP contribution in [0.15, 0.2) is 24.3 Å². The van der Waals surface area contributed by atoms with Crippen LogP contribution in [0.2, 0.25) is 0 Å². The van der Waals surface area contributed by atoms with Crippen LogP contribution in [-0.2, 0) is 6.18 Å². The van der Waals surface area contributed by atoms with Crippen molar-refractivity contribution >= 4 is 17.2 Å². The second-order valence-electron chi connectivity index (χ2n) is 5.63. The Morgan fingerprint density at radius 1 is 1.38 bits per heavy atom. The monoisotopic (exact) mass is 354 g/mol. The first-order valence-electron chi connectivity index (χ1n) is 7.42. The molecule has 1 fully saturated rings. The summed E-state index contributed by atoms with van der Waals surface area (Å²) in [5.41, 5.74) is 7.51. The molecule has 0 spiro atoms. The van der Waals surface area contributed by atoms with Gasteiger partial charge in [-0.3, -0.25) is 4.79 Å². The fourth-order valence-corrected chi connectivity index (χ4v) is 3.55. The minimum Gasteiger partial charge on any atom is -0.676 e. The van der Waals surface area contributed by atoms with E-state index in [9.17, 15) is 18.0 Å². The lowest BCUT2D eigenvalue weighted by molar-refractivity contribution is -0.137. The second kappa shape index (κ2) is 6.18. The second-order valence-corrected chi connectivity index (χ2v) is 6.83. The van der Waals surface area contributed by atoms with Crippen molar-refractivity contribution in [2.75, 3.05) is 13.1 Å². The van der Waals surface area contributed by atoms with E-state index in [4.69, 9.17) is 5.73 Å². The summed E-state index contributed by atoms with van der Waals surface area (Å²) < 4.78 is 38.1. The van der Waals surface area contributed by atoms with Crippen LogP contribution in [0.4, 0.5) is 13.2 Å². The van der Waals surface area contributed by atoms with Crippen molar-refractivity contribution in [3.05, 3.63) is 46.3 Å². The minimum absolute atomic E-state index is 0.0973. The number of hydrogen-bond acceptors (Lipinski definition) is 3. The fraction of sp³-hybridized carbons (Fsp3) is 0.375. The lowest BCUT2D eigenvalue weighted by Gasteiger charge is -2.42. The van der Waals surface area contributed by atoms with E-state index in [2.05, 4.69) is 4.98 Å². The lowest BCUT2D eigenvalue weighted by atomic mass is 10.0. The quantitative estimate of drug-likeness (QED) is 0.820. The van der Waals surface area contributed by atoms with E-state index in [1.807, 2.05) is 0 Å². The van der Waals surface area contributed by atoms with E-state index in [1.165, 1.54) is 23.5 Å². The van der Waals surface area contributed by atoms with Gasteiger partial charge in [-0.1, -0.05) is 12.1 Å². The number of thiazole rings is 1. The van der Waals surface area contributed by atoms with Crippen LogP contribution in [0.25, 0.3) is 16.2 Å². The topological polar surface area (TPSA) is 57.0 Å². The van der Waals surface area contributed by atoms with Gasteiger partial charge in [-0.05, 0) is 31.0 Å². The van der Waals surface area contributed by atoms with E-state index < -0.39 is 11.7 Å². The van der Waals surface area contributed by atoms with Gasteiger partial charge in [0.2, 0.25) is 0 Å². The van der Waals surface area contributed by atoms with E-state index in [-0.39, 0.29) is 24.2 Å². The first-order chi connectivity index (χ1) is 11.3. The molecule has 1 unspecified atom stereocenters. The first kappa shape index (κ1) is 16.9. The molecule has 0 aliphatic carbocycles. The summed E-state index contributed by atoms with van der Waals surface area (Å²) in [6.07, 6.45) is -3.59. The number of likely N-dealkylation sites (tertiary alicyclic amines) is 1. The summed E-state index contributed by atoms with van der Waals surface area (Å²) in [5, 5.41) is 0.677. The summed E-state index contributed by atoms with van der Waals surface area (Å²) >= 11 is 1.28. The van der Waals surface area contributed by atoms with Gasteiger partial charge in [0, 0.05) is 12.6 Å². The minimum atomic E-state index is -4.39. The molecule has 24 heavy (non-hydrogen) atoms. The highest BCUT2D eigenvalue weighted by Gasteiger charge is 2.33. The maximum absolute atomic E-state index is 12.7. The van der Waals surface area contributed by atoms with Crippen molar-refractivity contribution in [3.63, 3.8) is 0 Å². The molecule has 0 saturated carbocycles. The van der Waals surface area contributed by atoms with E-state index in [1.54, 1.807) is 11.8 Å². The number of halogens is 3. The normalized spacial score (nSPS) is 17.7. The van der Waals surface area contributed by atoms with Crippen molar-refractivity contribution in [1.82, 2.24) is 9.88 Å². The predicted molar refractivity (Wildman–Crippen MR) is 85.9 cm³/mol. The Morgan fingerprint density at radius 2 is 2.04 bits per heavy atom. The van der Waals surface area contributed by atoms with Crippen molar-refractivity contribution in [3.8, 4) is 10.4 Å². The lowest BCUT2D eigenvalue weighted by Crippen LogP contribution is -2.52. The third-order valence-electron chi connectivity index (χ3n) is 4.05. The van der Waals surface area contributed by atoms with E-state index >= 15 is 0 Å². The molecule has 3 rings (SSSR count). The van der Waals surface area contributed by atoms with Gasteiger partial charge in [-0.2, -0.15) is 13.2 Å². The number of alkyl halides is 3. The smallest absolute Gasteiger partial charge is 0.416 e. The van der Waals surface area contributed by atoms with Crippen LogP contribution in [0.1, 0.15) is 27.5 Å². The fourth-order valence-electron chi connectivity index (χ4n) is 2.63. The molecule has 2 heterocycles. The van der Waals surface area contributed by atoms with Gasteiger partial charge in [0.15, 0.2) is 0 Å². The number of amides is 1. The number of aryl methyl sites for hydroxylation is 1. The molecule has 1 atom stereocenters. The number of nitrogens with one attached hydrogen (secondary N) is 1. The van der Waals surface area contributed by atoms with Gasteiger partial charge in [-0.15, -0.1) is 17.9 Å². The average molecular weight is 354 g/mol. The first-order valence-corrected chi connectivity index (χ1v) is 8.23. The number of rotatable bonds is 3. The average Bonchev–Trinajstić information content (AvgIpc) is 2.88. The number of benzene rings is 1. The van der Waals surface area contributed by atoms with Crippen LogP contribution in [0.5, 0.6) is 0 Å². The summed E-state index contributed by atoms with van der Waals surface area (Å²) in [7, 11) is 0. The van der Waals surface area contributed by atoms with Gasteiger partial charge in [0.05, 0.1) is 15.4 Å². The SMILES string of the molecule is Cc1nc(C(=O)N2CCC2C[NH-])c(-c2ccc(C(F)(F)F)cc2)s1. The number of aromatic nitrogens is 1. The third kappa shape index (κ3) is 3.03. The highest BCUT2D eigenvalue weighted by molar-refractivity contribution is 7.15. The molecule has 1 amide bonds. The Balaban J connectivity index is 1.93. The maximum atomic E-state index is 12.7. The van der Waals surface area contributed by atoms with Crippen LogP contribution >= 0.6 is 11.3 Å². The Bertz CT molecular complexity index is 753. The van der Waals surface area contributed by atoms with Crippen molar-refractivity contribution in [2.45, 2.75) is 25.6 Å². The zero-order valence-corrected chi connectivity index (χ0v) is 13.7. The predicted octanol–water partition coefficient (Wildman–Crippen LogP) is 4.40. The molecule has 128 valence electrons. The highest BCUT2D eigenvalue weighted by atomic mass is 32.1. The molecule has 2 aromatic rings.